The van der Waals surface area contributed by atoms with Crippen molar-refractivity contribution in [1.29, 1.82) is 0 Å². The van der Waals surface area contributed by atoms with E-state index in [9.17, 15) is 8.42 Å². The zero-order chi connectivity index (χ0) is 15.5. The first kappa shape index (κ1) is 15.5. The Morgan fingerprint density at radius 3 is 2.43 bits per heavy atom. The van der Waals surface area contributed by atoms with Crippen LogP contribution in [0.5, 0.6) is 5.75 Å². The zero-order valence-electron chi connectivity index (χ0n) is 12.1. The van der Waals surface area contributed by atoms with E-state index < -0.39 is 15.9 Å². The predicted molar refractivity (Wildman–Crippen MR) is 83.2 cm³/mol. The van der Waals surface area contributed by atoms with E-state index in [0.717, 1.165) is 11.1 Å². The molecule has 0 bridgehead atoms. The number of aryl methyl sites for hydroxylation is 1. The summed E-state index contributed by atoms with van der Waals surface area (Å²) in [7, 11) is -1.85. The van der Waals surface area contributed by atoms with Gasteiger partial charge in [-0.3, -0.25) is 0 Å². The van der Waals surface area contributed by atoms with Gasteiger partial charge in [0.2, 0.25) is 0 Å². The average Bonchev–Trinajstić information content (AvgIpc) is 2.47. The van der Waals surface area contributed by atoms with Gasteiger partial charge in [0.25, 0.3) is 0 Å². The van der Waals surface area contributed by atoms with Crippen LogP contribution in [0.3, 0.4) is 0 Å². The van der Waals surface area contributed by atoms with Crippen molar-refractivity contribution < 1.29 is 13.2 Å². The number of ether oxygens (including phenoxy) is 1. The van der Waals surface area contributed by atoms with Gasteiger partial charge in [0.15, 0.2) is 9.84 Å². The summed E-state index contributed by atoms with van der Waals surface area (Å²) < 4.78 is 29.9. The van der Waals surface area contributed by atoms with E-state index >= 15 is 0 Å². The molecule has 21 heavy (non-hydrogen) atoms. The van der Waals surface area contributed by atoms with Crippen molar-refractivity contribution >= 4 is 9.84 Å². The highest BCUT2D eigenvalue weighted by atomic mass is 32.2. The molecule has 0 radical (unpaired) electrons. The van der Waals surface area contributed by atoms with Gasteiger partial charge in [-0.1, -0.05) is 29.8 Å². The van der Waals surface area contributed by atoms with E-state index in [4.69, 9.17) is 10.5 Å². The Bertz CT molecular complexity index is 709. The molecule has 0 saturated carbocycles. The highest BCUT2D eigenvalue weighted by molar-refractivity contribution is 7.91. The van der Waals surface area contributed by atoms with Gasteiger partial charge in [-0.2, -0.15) is 0 Å². The summed E-state index contributed by atoms with van der Waals surface area (Å²) in [5.41, 5.74) is 7.80. The molecule has 1 unspecified atom stereocenters. The molecule has 0 fully saturated rings. The van der Waals surface area contributed by atoms with E-state index in [0.29, 0.717) is 10.6 Å². The van der Waals surface area contributed by atoms with Crippen LogP contribution in [0.15, 0.2) is 53.4 Å². The molecule has 0 heterocycles. The maximum atomic E-state index is 12.4. The summed E-state index contributed by atoms with van der Waals surface area (Å²) >= 11 is 0. The van der Waals surface area contributed by atoms with E-state index in [-0.39, 0.29) is 5.75 Å². The minimum absolute atomic E-state index is 0.136. The second kappa shape index (κ2) is 6.28. The molecule has 5 heteroatoms. The van der Waals surface area contributed by atoms with Crippen LogP contribution in [0.4, 0.5) is 0 Å². The number of hydrogen-bond acceptors (Lipinski definition) is 4. The lowest BCUT2D eigenvalue weighted by Crippen LogP contribution is -2.22. The molecule has 4 nitrogen and oxygen atoms in total. The lowest BCUT2D eigenvalue weighted by molar-refractivity contribution is 0.414. The second-order valence-electron chi connectivity index (χ2n) is 4.98. The molecule has 0 saturated heterocycles. The summed E-state index contributed by atoms with van der Waals surface area (Å²) in [6.45, 7) is 1.92. The Morgan fingerprint density at radius 2 is 1.81 bits per heavy atom. The lowest BCUT2D eigenvalue weighted by Gasteiger charge is -2.14. The standard InChI is InChI=1S/C16H19NO3S/c1-12-6-8-15(9-7-12)21(18,19)11-16(17)13-4-3-5-14(10-13)20-2/h3-10,16H,11,17H2,1-2H3. The Labute approximate surface area is 125 Å². The minimum atomic E-state index is -3.41. The fourth-order valence-corrected chi connectivity index (χ4v) is 3.46. The highest BCUT2D eigenvalue weighted by Crippen LogP contribution is 2.21. The number of rotatable bonds is 5. The van der Waals surface area contributed by atoms with Gasteiger partial charge in [0.1, 0.15) is 5.75 Å². The molecular formula is C16H19NO3S. The number of hydrogen-bond donors (Lipinski definition) is 1. The molecule has 2 aromatic rings. The van der Waals surface area contributed by atoms with Gasteiger partial charge in [-0.05, 0) is 36.8 Å². The molecule has 2 rings (SSSR count). The summed E-state index contributed by atoms with van der Waals surface area (Å²) in [6.07, 6.45) is 0. The fourth-order valence-electron chi connectivity index (χ4n) is 2.05. The molecule has 0 amide bonds. The number of nitrogens with two attached hydrogens (primary N) is 1. The predicted octanol–water partition coefficient (Wildman–Crippen LogP) is 2.48. The SMILES string of the molecule is COc1cccc(C(N)CS(=O)(=O)c2ccc(C)cc2)c1. The van der Waals surface area contributed by atoms with Crippen LogP contribution in [0.25, 0.3) is 0 Å². The molecule has 1 atom stereocenters. The highest BCUT2D eigenvalue weighted by Gasteiger charge is 2.20. The van der Waals surface area contributed by atoms with E-state index in [1.807, 2.05) is 6.92 Å². The van der Waals surface area contributed by atoms with Crippen LogP contribution < -0.4 is 10.5 Å². The normalized spacial score (nSPS) is 12.9. The van der Waals surface area contributed by atoms with Crippen molar-refractivity contribution in [2.24, 2.45) is 5.73 Å². The van der Waals surface area contributed by atoms with Crippen molar-refractivity contribution in [1.82, 2.24) is 0 Å². The largest absolute Gasteiger partial charge is 0.497 e. The van der Waals surface area contributed by atoms with Gasteiger partial charge in [-0.15, -0.1) is 0 Å². The van der Waals surface area contributed by atoms with E-state index in [1.165, 1.54) is 0 Å². The van der Waals surface area contributed by atoms with Gasteiger partial charge in [0, 0.05) is 6.04 Å². The van der Waals surface area contributed by atoms with Crippen LogP contribution in [0, 0.1) is 6.92 Å². The van der Waals surface area contributed by atoms with E-state index in [2.05, 4.69) is 0 Å². The van der Waals surface area contributed by atoms with Crippen molar-refractivity contribution in [2.45, 2.75) is 17.9 Å². The lowest BCUT2D eigenvalue weighted by atomic mass is 10.1. The van der Waals surface area contributed by atoms with Crippen LogP contribution in [-0.2, 0) is 9.84 Å². The van der Waals surface area contributed by atoms with Crippen molar-refractivity contribution in [3.63, 3.8) is 0 Å². The van der Waals surface area contributed by atoms with Crippen molar-refractivity contribution in [3.05, 3.63) is 59.7 Å². The first-order valence-electron chi connectivity index (χ1n) is 6.61. The summed E-state index contributed by atoms with van der Waals surface area (Å²) in [5.74, 6) is 0.527. The fraction of sp³-hybridized carbons (Fsp3) is 0.250. The van der Waals surface area contributed by atoms with Crippen LogP contribution in [-0.4, -0.2) is 21.3 Å². The Hall–Kier alpha value is -1.85. The molecule has 0 spiro atoms. The quantitative estimate of drug-likeness (QED) is 0.921. The number of benzene rings is 2. The Balaban J connectivity index is 2.21. The molecule has 0 aliphatic heterocycles. The van der Waals surface area contributed by atoms with Crippen molar-refractivity contribution in [2.75, 3.05) is 12.9 Å². The van der Waals surface area contributed by atoms with Crippen LogP contribution in [0.1, 0.15) is 17.2 Å². The maximum absolute atomic E-state index is 12.4. The van der Waals surface area contributed by atoms with Crippen LogP contribution in [0.2, 0.25) is 0 Å². The van der Waals surface area contributed by atoms with Crippen LogP contribution >= 0.6 is 0 Å². The molecule has 0 aromatic heterocycles. The average molecular weight is 305 g/mol. The van der Waals surface area contributed by atoms with Gasteiger partial charge in [-0.25, -0.2) is 8.42 Å². The first-order valence-corrected chi connectivity index (χ1v) is 8.26. The third-order valence-corrected chi connectivity index (χ3v) is 5.09. The molecule has 0 aliphatic carbocycles. The van der Waals surface area contributed by atoms with Gasteiger partial charge < -0.3 is 10.5 Å². The first-order chi connectivity index (χ1) is 9.92. The topological polar surface area (TPSA) is 69.4 Å². The van der Waals surface area contributed by atoms with E-state index in [1.54, 1.807) is 55.6 Å². The van der Waals surface area contributed by atoms with Crippen molar-refractivity contribution in [3.8, 4) is 5.75 Å². The Kier molecular flexibility index (Phi) is 4.65. The monoisotopic (exact) mass is 305 g/mol. The molecular weight excluding hydrogens is 286 g/mol. The van der Waals surface area contributed by atoms with Gasteiger partial charge in [0.05, 0.1) is 17.8 Å². The molecule has 2 aromatic carbocycles. The second-order valence-corrected chi connectivity index (χ2v) is 7.01. The smallest absolute Gasteiger partial charge is 0.180 e. The Morgan fingerprint density at radius 1 is 1.14 bits per heavy atom. The summed E-state index contributed by atoms with van der Waals surface area (Å²) in [6, 6.07) is 13.4. The number of sulfone groups is 1. The number of methoxy groups -OCH3 is 1. The molecule has 0 aliphatic rings. The zero-order valence-corrected chi connectivity index (χ0v) is 12.9. The van der Waals surface area contributed by atoms with Gasteiger partial charge >= 0.3 is 0 Å². The third kappa shape index (κ3) is 3.83. The summed E-state index contributed by atoms with van der Waals surface area (Å²) in [4.78, 5) is 0.298. The minimum Gasteiger partial charge on any atom is -0.497 e. The molecule has 2 N–H and O–H groups in total. The maximum Gasteiger partial charge on any atom is 0.180 e. The third-order valence-electron chi connectivity index (χ3n) is 3.30. The molecule has 112 valence electrons. The summed E-state index contributed by atoms with van der Waals surface area (Å²) in [5, 5.41) is 0.